The van der Waals surface area contributed by atoms with Crippen LogP contribution < -0.4 is 5.32 Å². The molecule has 2 rings (SSSR count). The number of hydrogen-bond acceptors (Lipinski definition) is 1. The summed E-state index contributed by atoms with van der Waals surface area (Å²) in [6, 6.07) is 9.45. The quantitative estimate of drug-likeness (QED) is 0.810. The van der Waals surface area contributed by atoms with Gasteiger partial charge in [-0.05, 0) is 47.3 Å². The molecular weight excluding hydrogens is 242 g/mol. The molecule has 0 saturated carbocycles. The van der Waals surface area contributed by atoms with Crippen LogP contribution in [0.2, 0.25) is 0 Å². The van der Waals surface area contributed by atoms with Crippen molar-refractivity contribution in [3.63, 3.8) is 0 Å². The first-order valence-corrected chi connectivity index (χ1v) is 8.14. The summed E-state index contributed by atoms with van der Waals surface area (Å²) in [5.41, 5.74) is 3.37. The molecular formula is C19H31N. The third-order valence-electron chi connectivity index (χ3n) is 5.06. The van der Waals surface area contributed by atoms with Crippen molar-refractivity contribution in [3.8, 4) is 0 Å². The van der Waals surface area contributed by atoms with E-state index in [1.165, 1.54) is 17.5 Å². The van der Waals surface area contributed by atoms with Gasteiger partial charge in [-0.3, -0.25) is 0 Å². The Balaban J connectivity index is 2.12. The lowest BCUT2D eigenvalue weighted by Crippen LogP contribution is -2.37. The highest BCUT2D eigenvalue weighted by molar-refractivity contribution is 5.37. The van der Waals surface area contributed by atoms with Crippen LogP contribution in [-0.2, 0) is 6.42 Å². The molecule has 0 saturated heterocycles. The SMILES string of the molecule is CC(C)C(CNC1c2ccccc2CC1(C)C)C(C)C. The summed E-state index contributed by atoms with van der Waals surface area (Å²) in [7, 11) is 0. The number of nitrogens with one attached hydrogen (secondary N) is 1. The molecule has 0 spiro atoms. The first kappa shape index (κ1) is 15.6. The van der Waals surface area contributed by atoms with Crippen LogP contribution in [0.15, 0.2) is 24.3 Å². The van der Waals surface area contributed by atoms with E-state index >= 15 is 0 Å². The second-order valence-corrected chi connectivity index (χ2v) is 7.86. The van der Waals surface area contributed by atoms with E-state index in [1.807, 2.05) is 0 Å². The fraction of sp³-hybridized carbons (Fsp3) is 0.684. The predicted octanol–water partition coefficient (Wildman–Crippen LogP) is 4.83. The van der Waals surface area contributed by atoms with Gasteiger partial charge in [0, 0.05) is 6.04 Å². The molecule has 1 heteroatoms. The maximum Gasteiger partial charge on any atom is 0.0377 e. The van der Waals surface area contributed by atoms with Gasteiger partial charge in [0.1, 0.15) is 0 Å². The van der Waals surface area contributed by atoms with Crippen molar-refractivity contribution in [3.05, 3.63) is 35.4 Å². The molecule has 1 nitrogen and oxygen atoms in total. The van der Waals surface area contributed by atoms with E-state index in [1.54, 1.807) is 0 Å². The zero-order valence-corrected chi connectivity index (χ0v) is 14.0. The highest BCUT2D eigenvalue weighted by atomic mass is 14.9. The van der Waals surface area contributed by atoms with E-state index in [0.717, 1.165) is 24.3 Å². The Morgan fingerprint density at radius 2 is 1.70 bits per heavy atom. The van der Waals surface area contributed by atoms with Crippen LogP contribution in [0.1, 0.15) is 58.7 Å². The first-order valence-electron chi connectivity index (χ1n) is 8.14. The molecule has 0 radical (unpaired) electrons. The highest BCUT2D eigenvalue weighted by Crippen LogP contribution is 2.45. The molecule has 1 aliphatic carbocycles. The number of benzene rings is 1. The minimum absolute atomic E-state index is 0.322. The maximum absolute atomic E-state index is 3.89. The van der Waals surface area contributed by atoms with Crippen LogP contribution in [0.5, 0.6) is 0 Å². The summed E-state index contributed by atoms with van der Waals surface area (Å²) in [5.74, 6) is 2.23. The molecule has 1 N–H and O–H groups in total. The van der Waals surface area contributed by atoms with Gasteiger partial charge in [-0.15, -0.1) is 0 Å². The molecule has 1 unspecified atom stereocenters. The van der Waals surface area contributed by atoms with Gasteiger partial charge in [0.25, 0.3) is 0 Å². The average Bonchev–Trinajstić information content (AvgIpc) is 2.59. The van der Waals surface area contributed by atoms with Gasteiger partial charge in [-0.25, -0.2) is 0 Å². The van der Waals surface area contributed by atoms with Gasteiger partial charge < -0.3 is 5.32 Å². The number of rotatable bonds is 5. The second-order valence-electron chi connectivity index (χ2n) is 7.86. The molecule has 20 heavy (non-hydrogen) atoms. The molecule has 112 valence electrons. The van der Waals surface area contributed by atoms with Crippen LogP contribution in [0, 0.1) is 23.2 Å². The summed E-state index contributed by atoms with van der Waals surface area (Å²) in [6.07, 6.45) is 1.19. The molecule has 0 amide bonds. The molecule has 1 atom stereocenters. The Morgan fingerprint density at radius 3 is 2.30 bits per heavy atom. The van der Waals surface area contributed by atoms with E-state index in [9.17, 15) is 0 Å². The van der Waals surface area contributed by atoms with Crippen LogP contribution >= 0.6 is 0 Å². The van der Waals surface area contributed by atoms with Gasteiger partial charge in [0.15, 0.2) is 0 Å². The second kappa shape index (κ2) is 5.89. The van der Waals surface area contributed by atoms with Crippen molar-refractivity contribution in [2.75, 3.05) is 6.54 Å². The molecule has 0 aliphatic heterocycles. The molecule has 1 aromatic carbocycles. The largest absolute Gasteiger partial charge is 0.309 e. The van der Waals surface area contributed by atoms with Crippen LogP contribution in [0.25, 0.3) is 0 Å². The van der Waals surface area contributed by atoms with Crippen molar-refractivity contribution in [2.45, 2.75) is 54.0 Å². The van der Waals surface area contributed by atoms with Gasteiger partial charge >= 0.3 is 0 Å². The fourth-order valence-electron chi connectivity index (χ4n) is 3.87. The topological polar surface area (TPSA) is 12.0 Å². The standard InChI is InChI=1S/C19H31N/c1-13(2)17(14(3)4)12-20-18-16-10-8-7-9-15(16)11-19(18,5)6/h7-10,13-14,17-18,20H,11-12H2,1-6H3. The summed E-state index contributed by atoms with van der Waals surface area (Å²) in [4.78, 5) is 0. The van der Waals surface area contributed by atoms with Crippen molar-refractivity contribution >= 4 is 0 Å². The minimum Gasteiger partial charge on any atom is -0.309 e. The lowest BCUT2D eigenvalue weighted by atomic mass is 9.82. The minimum atomic E-state index is 0.322. The van der Waals surface area contributed by atoms with E-state index in [0.29, 0.717) is 11.5 Å². The van der Waals surface area contributed by atoms with Crippen LogP contribution in [0.3, 0.4) is 0 Å². The predicted molar refractivity (Wildman–Crippen MR) is 87.8 cm³/mol. The molecule has 1 aromatic rings. The molecule has 0 fully saturated rings. The van der Waals surface area contributed by atoms with Crippen molar-refractivity contribution in [1.29, 1.82) is 0 Å². The Morgan fingerprint density at radius 1 is 1.10 bits per heavy atom. The molecule has 1 aliphatic rings. The monoisotopic (exact) mass is 273 g/mol. The van der Waals surface area contributed by atoms with Gasteiger partial charge in [-0.2, -0.15) is 0 Å². The molecule has 0 aromatic heterocycles. The van der Waals surface area contributed by atoms with E-state index in [-0.39, 0.29) is 0 Å². The van der Waals surface area contributed by atoms with Crippen molar-refractivity contribution in [1.82, 2.24) is 5.32 Å². The van der Waals surface area contributed by atoms with E-state index in [4.69, 9.17) is 0 Å². The van der Waals surface area contributed by atoms with E-state index < -0.39 is 0 Å². The summed E-state index contributed by atoms with van der Waals surface area (Å²) in [5, 5.41) is 3.89. The zero-order valence-electron chi connectivity index (χ0n) is 14.0. The van der Waals surface area contributed by atoms with Gasteiger partial charge in [0.05, 0.1) is 0 Å². The molecule has 0 heterocycles. The zero-order chi connectivity index (χ0) is 14.9. The summed E-state index contributed by atoms with van der Waals surface area (Å²) < 4.78 is 0. The third kappa shape index (κ3) is 3.09. The maximum atomic E-state index is 3.89. The lowest BCUT2D eigenvalue weighted by Gasteiger charge is -2.33. The Hall–Kier alpha value is -0.820. The normalized spacial score (nSPS) is 20.9. The lowest BCUT2D eigenvalue weighted by molar-refractivity contribution is 0.217. The van der Waals surface area contributed by atoms with Crippen molar-refractivity contribution < 1.29 is 0 Å². The van der Waals surface area contributed by atoms with E-state index in [2.05, 4.69) is 71.1 Å². The van der Waals surface area contributed by atoms with Crippen molar-refractivity contribution in [2.24, 2.45) is 23.2 Å². The average molecular weight is 273 g/mol. The summed E-state index contributed by atoms with van der Waals surface area (Å²) >= 11 is 0. The van der Waals surface area contributed by atoms with Gasteiger partial charge in [-0.1, -0.05) is 65.8 Å². The highest BCUT2D eigenvalue weighted by Gasteiger charge is 2.38. The third-order valence-corrected chi connectivity index (χ3v) is 5.06. The first-order chi connectivity index (χ1) is 9.33. The number of fused-ring (bicyclic) bond motifs is 1. The Labute approximate surface area is 125 Å². The smallest absolute Gasteiger partial charge is 0.0377 e. The number of hydrogen-bond donors (Lipinski definition) is 1. The summed E-state index contributed by atoms with van der Waals surface area (Å²) in [6.45, 7) is 15.3. The van der Waals surface area contributed by atoms with Crippen LogP contribution in [0.4, 0.5) is 0 Å². The van der Waals surface area contributed by atoms with Crippen LogP contribution in [-0.4, -0.2) is 6.54 Å². The Kier molecular flexibility index (Phi) is 4.59. The fourth-order valence-corrected chi connectivity index (χ4v) is 3.87. The Bertz CT molecular complexity index is 437. The molecule has 0 bridgehead atoms. The van der Waals surface area contributed by atoms with Gasteiger partial charge in [0.2, 0.25) is 0 Å².